The summed E-state index contributed by atoms with van der Waals surface area (Å²) >= 11 is 11.9. The molecular weight excluding hydrogens is 311 g/mol. The third-order valence-corrected chi connectivity index (χ3v) is 3.48. The van der Waals surface area contributed by atoms with Crippen molar-refractivity contribution in [2.75, 3.05) is 12.4 Å². The van der Waals surface area contributed by atoms with Gasteiger partial charge >= 0.3 is 6.03 Å². The van der Waals surface area contributed by atoms with Gasteiger partial charge in [0, 0.05) is 17.6 Å². The SMILES string of the molecule is CN(Cc1ccccc1O)C(=O)Nc1cc(Cl)ccc1Cl. The second-order valence-corrected chi connectivity index (χ2v) is 5.38. The zero-order valence-corrected chi connectivity index (χ0v) is 12.8. The summed E-state index contributed by atoms with van der Waals surface area (Å²) in [6, 6.07) is 11.4. The Bertz CT molecular complexity index is 662. The first kappa shape index (κ1) is 15.5. The van der Waals surface area contributed by atoms with Gasteiger partial charge in [-0.15, -0.1) is 0 Å². The Morgan fingerprint density at radius 2 is 1.95 bits per heavy atom. The summed E-state index contributed by atoms with van der Waals surface area (Å²) in [5.74, 6) is 0.151. The molecule has 4 nitrogen and oxygen atoms in total. The Balaban J connectivity index is 2.06. The summed E-state index contributed by atoms with van der Waals surface area (Å²) < 4.78 is 0. The van der Waals surface area contributed by atoms with Crippen LogP contribution in [0.25, 0.3) is 0 Å². The van der Waals surface area contributed by atoms with Crippen molar-refractivity contribution in [3.05, 3.63) is 58.1 Å². The van der Waals surface area contributed by atoms with Crippen molar-refractivity contribution in [2.45, 2.75) is 6.54 Å². The molecule has 6 heteroatoms. The van der Waals surface area contributed by atoms with E-state index in [0.717, 1.165) is 0 Å². The van der Waals surface area contributed by atoms with Crippen molar-refractivity contribution in [3.63, 3.8) is 0 Å². The van der Waals surface area contributed by atoms with Gasteiger partial charge in [0.15, 0.2) is 0 Å². The molecule has 0 unspecified atom stereocenters. The minimum atomic E-state index is -0.345. The number of hydrogen-bond acceptors (Lipinski definition) is 2. The average Bonchev–Trinajstić information content (AvgIpc) is 2.45. The smallest absolute Gasteiger partial charge is 0.321 e. The second-order valence-electron chi connectivity index (χ2n) is 4.54. The van der Waals surface area contributed by atoms with E-state index in [-0.39, 0.29) is 18.3 Å². The highest BCUT2D eigenvalue weighted by molar-refractivity contribution is 6.35. The van der Waals surface area contributed by atoms with Gasteiger partial charge in [-0.25, -0.2) is 4.79 Å². The van der Waals surface area contributed by atoms with Gasteiger partial charge in [-0.3, -0.25) is 0 Å². The molecule has 2 N–H and O–H groups in total. The summed E-state index contributed by atoms with van der Waals surface area (Å²) in [5.41, 5.74) is 1.10. The van der Waals surface area contributed by atoms with Gasteiger partial charge < -0.3 is 15.3 Å². The van der Waals surface area contributed by atoms with E-state index in [0.29, 0.717) is 21.3 Å². The number of nitrogens with zero attached hydrogens (tertiary/aromatic N) is 1. The molecule has 0 atom stereocenters. The summed E-state index contributed by atoms with van der Waals surface area (Å²) in [6.45, 7) is 0.274. The molecule has 2 aromatic carbocycles. The summed E-state index contributed by atoms with van der Waals surface area (Å²) in [4.78, 5) is 13.6. The number of amides is 2. The van der Waals surface area contributed by atoms with Crippen LogP contribution in [0.2, 0.25) is 10.0 Å². The van der Waals surface area contributed by atoms with E-state index < -0.39 is 0 Å². The predicted molar refractivity (Wildman–Crippen MR) is 85.1 cm³/mol. The molecule has 0 aliphatic rings. The Hall–Kier alpha value is -1.91. The molecule has 0 aromatic heterocycles. The number of phenols is 1. The number of rotatable bonds is 3. The fourth-order valence-corrected chi connectivity index (χ4v) is 2.11. The van der Waals surface area contributed by atoms with E-state index >= 15 is 0 Å². The molecule has 110 valence electrons. The number of halogens is 2. The predicted octanol–water partition coefficient (Wildman–Crippen LogP) is 4.36. The normalized spacial score (nSPS) is 10.2. The number of carbonyl (C=O) groups excluding carboxylic acids is 1. The van der Waals surface area contributed by atoms with E-state index in [1.54, 1.807) is 49.5 Å². The Morgan fingerprint density at radius 1 is 1.24 bits per heavy atom. The molecule has 0 saturated heterocycles. The number of nitrogens with one attached hydrogen (secondary N) is 1. The van der Waals surface area contributed by atoms with Crippen LogP contribution >= 0.6 is 23.2 Å². The lowest BCUT2D eigenvalue weighted by Gasteiger charge is -2.19. The third-order valence-electron chi connectivity index (χ3n) is 2.92. The van der Waals surface area contributed by atoms with Gasteiger partial charge in [0.2, 0.25) is 0 Å². The van der Waals surface area contributed by atoms with Gasteiger partial charge in [-0.05, 0) is 24.3 Å². The van der Waals surface area contributed by atoms with E-state index in [1.165, 1.54) is 4.90 Å². The summed E-state index contributed by atoms with van der Waals surface area (Å²) in [5, 5.41) is 13.3. The maximum atomic E-state index is 12.1. The van der Waals surface area contributed by atoms with Crippen molar-refractivity contribution in [2.24, 2.45) is 0 Å². The molecule has 0 fully saturated rings. The van der Waals surface area contributed by atoms with Gasteiger partial charge in [0.1, 0.15) is 5.75 Å². The topological polar surface area (TPSA) is 52.6 Å². The zero-order chi connectivity index (χ0) is 15.4. The first-order chi connectivity index (χ1) is 9.97. The molecule has 2 amide bonds. The van der Waals surface area contributed by atoms with Crippen LogP contribution in [0.1, 0.15) is 5.56 Å². The number of carbonyl (C=O) groups is 1. The maximum absolute atomic E-state index is 12.1. The van der Waals surface area contributed by atoms with Gasteiger partial charge in [0.05, 0.1) is 17.3 Å². The largest absolute Gasteiger partial charge is 0.508 e. The van der Waals surface area contributed by atoms with Crippen molar-refractivity contribution in [1.29, 1.82) is 0 Å². The van der Waals surface area contributed by atoms with Crippen LogP contribution in [0.15, 0.2) is 42.5 Å². The molecule has 2 rings (SSSR count). The average molecular weight is 325 g/mol. The fraction of sp³-hybridized carbons (Fsp3) is 0.133. The minimum Gasteiger partial charge on any atom is -0.508 e. The number of aromatic hydroxyl groups is 1. The number of phenolic OH excluding ortho intramolecular Hbond substituents is 1. The molecule has 0 radical (unpaired) electrons. The van der Waals surface area contributed by atoms with Crippen molar-refractivity contribution >= 4 is 34.9 Å². The third kappa shape index (κ3) is 4.03. The first-order valence-corrected chi connectivity index (χ1v) is 6.97. The Kier molecular flexibility index (Phi) is 4.94. The second kappa shape index (κ2) is 6.70. The molecule has 0 heterocycles. The molecule has 0 aliphatic heterocycles. The Morgan fingerprint density at radius 3 is 2.67 bits per heavy atom. The molecule has 0 bridgehead atoms. The van der Waals surface area contributed by atoms with Crippen molar-refractivity contribution in [1.82, 2.24) is 4.90 Å². The number of urea groups is 1. The highest BCUT2D eigenvalue weighted by Gasteiger charge is 2.13. The van der Waals surface area contributed by atoms with Crippen LogP contribution in [0.3, 0.4) is 0 Å². The van der Waals surface area contributed by atoms with E-state index in [2.05, 4.69) is 5.32 Å². The van der Waals surface area contributed by atoms with Crippen LogP contribution < -0.4 is 5.32 Å². The van der Waals surface area contributed by atoms with Crippen molar-refractivity contribution in [3.8, 4) is 5.75 Å². The summed E-state index contributed by atoms with van der Waals surface area (Å²) in [7, 11) is 1.63. The summed E-state index contributed by atoms with van der Waals surface area (Å²) in [6.07, 6.45) is 0. The van der Waals surface area contributed by atoms with Gasteiger partial charge in [0.25, 0.3) is 0 Å². The zero-order valence-electron chi connectivity index (χ0n) is 11.3. The van der Waals surface area contributed by atoms with E-state index in [1.807, 2.05) is 0 Å². The molecule has 21 heavy (non-hydrogen) atoms. The van der Waals surface area contributed by atoms with Crippen molar-refractivity contribution < 1.29 is 9.90 Å². The van der Waals surface area contributed by atoms with Crippen LogP contribution in [-0.2, 0) is 6.54 Å². The monoisotopic (exact) mass is 324 g/mol. The number of hydrogen-bond donors (Lipinski definition) is 2. The number of para-hydroxylation sites is 1. The van der Waals surface area contributed by atoms with Crippen LogP contribution in [-0.4, -0.2) is 23.1 Å². The van der Waals surface area contributed by atoms with E-state index in [4.69, 9.17) is 23.2 Å². The number of anilines is 1. The lowest BCUT2D eigenvalue weighted by molar-refractivity contribution is 0.220. The maximum Gasteiger partial charge on any atom is 0.321 e. The molecule has 0 saturated carbocycles. The lowest BCUT2D eigenvalue weighted by Crippen LogP contribution is -2.30. The van der Waals surface area contributed by atoms with Gasteiger partial charge in [-0.1, -0.05) is 41.4 Å². The quantitative estimate of drug-likeness (QED) is 0.881. The van der Waals surface area contributed by atoms with E-state index in [9.17, 15) is 9.90 Å². The standard InChI is InChI=1S/C15H14Cl2N2O2/c1-19(9-10-4-2-3-5-14(10)20)15(21)18-13-8-11(16)6-7-12(13)17/h2-8,20H,9H2,1H3,(H,18,21). The highest BCUT2D eigenvalue weighted by Crippen LogP contribution is 2.26. The van der Waals surface area contributed by atoms with Crippen LogP contribution in [0.5, 0.6) is 5.75 Å². The van der Waals surface area contributed by atoms with Gasteiger partial charge in [-0.2, -0.15) is 0 Å². The van der Waals surface area contributed by atoms with Crippen LogP contribution in [0, 0.1) is 0 Å². The molecular formula is C15H14Cl2N2O2. The lowest BCUT2D eigenvalue weighted by atomic mass is 10.2. The molecule has 0 aliphatic carbocycles. The fourth-order valence-electron chi connectivity index (χ4n) is 1.78. The van der Waals surface area contributed by atoms with Crippen LogP contribution in [0.4, 0.5) is 10.5 Å². The minimum absolute atomic E-state index is 0.151. The Labute approximate surface area is 132 Å². The highest BCUT2D eigenvalue weighted by atomic mass is 35.5. The molecule has 2 aromatic rings. The first-order valence-electron chi connectivity index (χ1n) is 6.21. The molecule has 0 spiro atoms. The number of benzene rings is 2.